The van der Waals surface area contributed by atoms with Gasteiger partial charge in [0.2, 0.25) is 0 Å². The van der Waals surface area contributed by atoms with Crippen LogP contribution in [0.5, 0.6) is 5.75 Å². The van der Waals surface area contributed by atoms with Crippen LogP contribution in [-0.2, 0) is 0 Å². The van der Waals surface area contributed by atoms with Crippen LogP contribution in [0.3, 0.4) is 0 Å². The van der Waals surface area contributed by atoms with Gasteiger partial charge in [0.05, 0.1) is 0 Å². The molecule has 1 N–H and O–H groups in total. The minimum Gasteiger partial charge on any atom is -0.508 e. The molecule has 0 saturated heterocycles. The predicted molar refractivity (Wildman–Crippen MR) is 54.3 cm³/mol. The van der Waals surface area contributed by atoms with Crippen molar-refractivity contribution in [1.29, 1.82) is 0 Å². The SMILES string of the molecule is Oc1cc([B-](F)(F)F)c2ccccc2c1.[K+]. The molecule has 0 heterocycles. The molecule has 16 heavy (non-hydrogen) atoms. The molecule has 0 saturated carbocycles. The largest absolute Gasteiger partial charge is 1.00 e. The van der Waals surface area contributed by atoms with Crippen LogP contribution in [0.15, 0.2) is 36.4 Å². The summed E-state index contributed by atoms with van der Waals surface area (Å²) in [6, 6.07) is 8.21. The molecule has 2 aromatic rings. The number of phenolic OH excluding ortho intramolecular Hbond substituents is 1. The molecular formula is C10H7BF3KO. The summed E-state index contributed by atoms with van der Waals surface area (Å²) in [6.45, 7) is -5.10. The van der Waals surface area contributed by atoms with Gasteiger partial charge in [-0.25, -0.2) is 0 Å². The molecular weight excluding hydrogens is 243 g/mol. The maximum absolute atomic E-state index is 12.6. The van der Waals surface area contributed by atoms with Crippen LogP contribution in [-0.4, -0.2) is 12.1 Å². The second-order valence-corrected chi connectivity index (χ2v) is 3.33. The van der Waals surface area contributed by atoms with Crippen molar-refractivity contribution in [3.63, 3.8) is 0 Å². The fourth-order valence-electron chi connectivity index (χ4n) is 1.59. The maximum Gasteiger partial charge on any atom is 1.00 e. The molecule has 0 atom stereocenters. The topological polar surface area (TPSA) is 20.2 Å². The van der Waals surface area contributed by atoms with E-state index in [-0.39, 0.29) is 62.5 Å². The van der Waals surface area contributed by atoms with Crippen LogP contribution in [0.2, 0.25) is 0 Å². The predicted octanol–water partition coefficient (Wildman–Crippen LogP) is -0.396. The van der Waals surface area contributed by atoms with E-state index in [1.807, 2.05) is 0 Å². The fourth-order valence-corrected chi connectivity index (χ4v) is 1.59. The maximum atomic E-state index is 12.6. The van der Waals surface area contributed by atoms with Gasteiger partial charge in [0.15, 0.2) is 0 Å². The minimum absolute atomic E-state index is 0. The summed E-state index contributed by atoms with van der Waals surface area (Å²) >= 11 is 0. The molecule has 2 aromatic carbocycles. The van der Waals surface area contributed by atoms with E-state index >= 15 is 0 Å². The number of rotatable bonds is 1. The van der Waals surface area contributed by atoms with Crippen molar-refractivity contribution in [3.05, 3.63) is 36.4 Å². The third-order valence-electron chi connectivity index (χ3n) is 2.23. The van der Waals surface area contributed by atoms with E-state index in [1.165, 1.54) is 12.1 Å². The molecule has 0 spiro atoms. The summed E-state index contributed by atoms with van der Waals surface area (Å²) in [7, 11) is 0. The molecule has 0 bridgehead atoms. The van der Waals surface area contributed by atoms with Gasteiger partial charge < -0.3 is 18.1 Å². The van der Waals surface area contributed by atoms with E-state index in [0.717, 1.165) is 6.07 Å². The van der Waals surface area contributed by atoms with Crippen molar-refractivity contribution in [2.45, 2.75) is 0 Å². The van der Waals surface area contributed by atoms with Gasteiger partial charge in [0, 0.05) is 0 Å². The van der Waals surface area contributed by atoms with Gasteiger partial charge in [-0.1, -0.05) is 29.7 Å². The molecule has 2 rings (SSSR count). The van der Waals surface area contributed by atoms with Crippen molar-refractivity contribution in [2.75, 3.05) is 0 Å². The van der Waals surface area contributed by atoms with Crippen LogP contribution >= 0.6 is 0 Å². The van der Waals surface area contributed by atoms with Gasteiger partial charge in [-0.3, -0.25) is 0 Å². The monoisotopic (exact) mass is 250 g/mol. The first-order valence-electron chi connectivity index (χ1n) is 4.40. The number of halogens is 3. The average Bonchev–Trinajstić information content (AvgIpc) is 2.15. The van der Waals surface area contributed by atoms with Gasteiger partial charge >= 0.3 is 58.4 Å². The zero-order valence-corrected chi connectivity index (χ0v) is 11.7. The number of fused-ring (bicyclic) bond motifs is 1. The van der Waals surface area contributed by atoms with E-state index in [0.29, 0.717) is 5.39 Å². The molecule has 0 aliphatic carbocycles. The number of hydrogen-bond acceptors (Lipinski definition) is 1. The van der Waals surface area contributed by atoms with Gasteiger partial charge in [-0.2, -0.15) is 0 Å². The Hall–Kier alpha value is -0.00870. The van der Waals surface area contributed by atoms with Crippen molar-refractivity contribution in [3.8, 4) is 5.75 Å². The third-order valence-corrected chi connectivity index (χ3v) is 2.23. The Balaban J connectivity index is 0.00000128. The third kappa shape index (κ3) is 2.81. The van der Waals surface area contributed by atoms with E-state index in [9.17, 15) is 18.1 Å². The van der Waals surface area contributed by atoms with Crippen LogP contribution in [0.25, 0.3) is 10.8 Å². The van der Waals surface area contributed by atoms with E-state index in [4.69, 9.17) is 0 Å². The van der Waals surface area contributed by atoms with E-state index in [1.54, 1.807) is 18.2 Å². The Morgan fingerprint density at radius 2 is 1.62 bits per heavy atom. The van der Waals surface area contributed by atoms with E-state index < -0.39 is 12.4 Å². The van der Waals surface area contributed by atoms with Crippen molar-refractivity contribution >= 4 is 23.2 Å². The Morgan fingerprint density at radius 1 is 1.00 bits per heavy atom. The zero-order chi connectivity index (χ0) is 11.1. The Bertz CT molecular complexity index is 513. The van der Waals surface area contributed by atoms with Crippen LogP contribution < -0.4 is 56.8 Å². The van der Waals surface area contributed by atoms with Crippen molar-refractivity contribution in [1.82, 2.24) is 0 Å². The Morgan fingerprint density at radius 3 is 2.25 bits per heavy atom. The van der Waals surface area contributed by atoms with E-state index in [2.05, 4.69) is 0 Å². The van der Waals surface area contributed by atoms with Gasteiger partial charge in [0.1, 0.15) is 5.75 Å². The summed E-state index contributed by atoms with van der Waals surface area (Å²) in [5, 5.41) is 9.71. The second-order valence-electron chi connectivity index (χ2n) is 3.33. The average molecular weight is 250 g/mol. The van der Waals surface area contributed by atoms with Crippen LogP contribution in [0, 0.1) is 0 Å². The van der Waals surface area contributed by atoms with Crippen molar-refractivity contribution in [2.24, 2.45) is 0 Å². The first-order chi connectivity index (χ1) is 6.98. The fraction of sp³-hybridized carbons (Fsp3) is 0. The molecule has 0 radical (unpaired) electrons. The Kier molecular flexibility index (Phi) is 4.48. The molecule has 6 heteroatoms. The second kappa shape index (κ2) is 5.10. The van der Waals surface area contributed by atoms with Gasteiger partial charge in [-0.15, -0.1) is 0 Å². The summed E-state index contributed by atoms with van der Waals surface area (Å²) in [5.74, 6) is -0.358. The first kappa shape index (κ1) is 14.1. The van der Waals surface area contributed by atoms with Crippen molar-refractivity contribution < 1.29 is 69.4 Å². The molecule has 78 valence electrons. The quantitative estimate of drug-likeness (QED) is 0.683. The van der Waals surface area contributed by atoms with Gasteiger partial charge in [-0.05, 0) is 22.9 Å². The van der Waals surface area contributed by atoms with Crippen LogP contribution in [0.1, 0.15) is 0 Å². The normalized spacial score (nSPS) is 11.2. The molecule has 0 amide bonds. The summed E-state index contributed by atoms with van der Waals surface area (Å²) in [4.78, 5) is 0. The minimum atomic E-state index is -5.10. The standard InChI is InChI=1S/C10H7BF3O.K/c12-11(13,14)10-6-8(15)5-7-3-1-2-4-9(7)10;/h1-6,15H;/q-1;+1. The molecule has 0 aliphatic rings. The molecule has 0 fully saturated rings. The Labute approximate surface area is 133 Å². The number of benzene rings is 2. The van der Waals surface area contributed by atoms with Crippen LogP contribution in [0.4, 0.5) is 12.9 Å². The molecule has 0 aromatic heterocycles. The molecule has 0 aliphatic heterocycles. The van der Waals surface area contributed by atoms with Gasteiger partial charge in [0.25, 0.3) is 0 Å². The summed E-state index contributed by atoms with van der Waals surface area (Å²) in [5.41, 5.74) is -0.745. The smallest absolute Gasteiger partial charge is 0.508 e. The number of hydrogen-bond donors (Lipinski definition) is 1. The number of phenols is 1. The molecule has 0 unspecified atom stereocenters. The first-order valence-corrected chi connectivity index (χ1v) is 4.40. The number of aromatic hydroxyl groups is 1. The summed E-state index contributed by atoms with van der Waals surface area (Å²) in [6.07, 6.45) is 0. The molecule has 1 nitrogen and oxygen atoms in total. The zero-order valence-electron chi connectivity index (χ0n) is 8.62. The summed E-state index contributed by atoms with van der Waals surface area (Å²) < 4.78 is 37.9.